The van der Waals surface area contributed by atoms with Crippen molar-refractivity contribution in [2.45, 2.75) is 26.4 Å². The van der Waals surface area contributed by atoms with Crippen LogP contribution in [0.5, 0.6) is 0 Å². The van der Waals surface area contributed by atoms with Crippen molar-refractivity contribution >= 4 is 40.7 Å². The zero-order chi connectivity index (χ0) is 23.7. The van der Waals surface area contributed by atoms with E-state index in [0.717, 1.165) is 36.2 Å². The first-order chi connectivity index (χ1) is 14.2. The van der Waals surface area contributed by atoms with Gasteiger partial charge in [0, 0.05) is 26.2 Å². The fourth-order valence-corrected chi connectivity index (χ4v) is 2.80. The first kappa shape index (κ1) is 24.0. The number of anilines is 2. The molecule has 0 atom stereocenters. The molecule has 2 aromatic rings. The molecule has 0 saturated heterocycles. The van der Waals surface area contributed by atoms with Crippen molar-refractivity contribution in [1.82, 2.24) is 0 Å². The van der Waals surface area contributed by atoms with E-state index in [1.807, 2.05) is 0 Å². The van der Waals surface area contributed by atoms with Gasteiger partial charge in [-0.2, -0.15) is 0 Å². The van der Waals surface area contributed by atoms with E-state index in [1.165, 1.54) is 13.1 Å². The molecule has 0 N–H and O–H groups in total. The highest BCUT2D eigenvalue weighted by molar-refractivity contribution is 6.34. The van der Waals surface area contributed by atoms with Crippen LogP contribution in [0, 0.1) is 21.7 Å². The number of nitro benzene ring substituents is 1. The summed E-state index contributed by atoms with van der Waals surface area (Å²) in [6.45, 7) is 4.78. The number of hydrogen-bond acceptors (Lipinski definition) is 5. The Hall–Kier alpha value is -3.27. The summed E-state index contributed by atoms with van der Waals surface area (Å²) in [6, 6.07) is 5.12. The summed E-state index contributed by atoms with van der Waals surface area (Å²) >= 11 is 5.98. The second kappa shape index (κ2) is 8.84. The number of carbonyl (C=O) groups is 2. The highest BCUT2D eigenvalue weighted by atomic mass is 35.5. The summed E-state index contributed by atoms with van der Waals surface area (Å²) in [6.07, 6.45) is -1.00. The summed E-state index contributed by atoms with van der Waals surface area (Å²) in [7, 11) is 2.31. The van der Waals surface area contributed by atoms with Crippen LogP contribution in [0.25, 0.3) is 0 Å². The Morgan fingerprint density at radius 3 is 2.26 bits per heavy atom. The molecule has 11 heteroatoms. The number of rotatable bonds is 4. The number of ether oxygens (including phenoxy) is 1. The lowest BCUT2D eigenvalue weighted by Gasteiger charge is -2.26. The van der Waals surface area contributed by atoms with Crippen LogP contribution in [-0.2, 0) is 4.74 Å². The van der Waals surface area contributed by atoms with Gasteiger partial charge in [-0.1, -0.05) is 11.6 Å². The van der Waals surface area contributed by atoms with Gasteiger partial charge in [0.05, 0.1) is 21.2 Å². The van der Waals surface area contributed by atoms with Gasteiger partial charge in [-0.25, -0.2) is 13.6 Å². The van der Waals surface area contributed by atoms with Crippen molar-refractivity contribution in [2.75, 3.05) is 23.9 Å². The fraction of sp³-hybridized carbons (Fsp3) is 0.300. The van der Waals surface area contributed by atoms with Gasteiger partial charge in [-0.15, -0.1) is 0 Å². The summed E-state index contributed by atoms with van der Waals surface area (Å²) in [5.41, 5.74) is -2.63. The van der Waals surface area contributed by atoms with Gasteiger partial charge in [0.2, 0.25) is 0 Å². The molecule has 2 amide bonds. The number of nitro groups is 1. The molecule has 0 aliphatic carbocycles. The molecule has 166 valence electrons. The zero-order valence-electron chi connectivity index (χ0n) is 17.4. The van der Waals surface area contributed by atoms with Gasteiger partial charge < -0.3 is 9.64 Å². The van der Waals surface area contributed by atoms with Gasteiger partial charge in [-0.3, -0.25) is 19.8 Å². The van der Waals surface area contributed by atoms with Crippen molar-refractivity contribution in [1.29, 1.82) is 0 Å². The Balaban J connectivity index is 2.47. The molecule has 2 rings (SSSR count). The summed E-state index contributed by atoms with van der Waals surface area (Å²) in [5, 5.41) is 10.9. The van der Waals surface area contributed by atoms with E-state index in [1.54, 1.807) is 20.8 Å². The standard InChI is InChI=1S/C20H20ClF2N3O5/c1-20(2,3)31-19(28)25(5)17-14(22)8-9-15(16(17)23)24(4)18(27)12-10-11(26(29)30)6-7-13(12)21/h6-10H,1-5H3. The molecule has 0 fully saturated rings. The van der Waals surface area contributed by atoms with Crippen LogP contribution in [0.15, 0.2) is 30.3 Å². The molecule has 0 unspecified atom stereocenters. The van der Waals surface area contributed by atoms with Crippen LogP contribution in [0.1, 0.15) is 31.1 Å². The minimum absolute atomic E-state index is 0.0870. The maximum Gasteiger partial charge on any atom is 0.414 e. The molecule has 8 nitrogen and oxygen atoms in total. The molecular formula is C20H20ClF2N3O5. The van der Waals surface area contributed by atoms with Gasteiger partial charge >= 0.3 is 6.09 Å². The van der Waals surface area contributed by atoms with Crippen molar-refractivity contribution in [3.8, 4) is 0 Å². The van der Waals surface area contributed by atoms with E-state index in [2.05, 4.69) is 0 Å². The lowest BCUT2D eigenvalue weighted by Crippen LogP contribution is -2.35. The monoisotopic (exact) mass is 455 g/mol. The number of hydrogen-bond donors (Lipinski definition) is 0. The van der Waals surface area contributed by atoms with E-state index >= 15 is 4.39 Å². The number of carbonyl (C=O) groups excluding carboxylic acids is 2. The Labute approximate surface area is 182 Å². The third-order valence-electron chi connectivity index (χ3n) is 4.11. The largest absolute Gasteiger partial charge is 0.443 e. The Morgan fingerprint density at radius 2 is 1.71 bits per heavy atom. The molecular weight excluding hydrogens is 436 g/mol. The second-order valence-corrected chi connectivity index (χ2v) is 7.96. The highest BCUT2D eigenvalue weighted by Gasteiger charge is 2.29. The third kappa shape index (κ3) is 5.26. The van der Waals surface area contributed by atoms with Crippen molar-refractivity contribution in [3.05, 3.63) is 62.7 Å². The van der Waals surface area contributed by atoms with Crippen LogP contribution < -0.4 is 9.80 Å². The van der Waals surface area contributed by atoms with Gasteiger partial charge in [-0.05, 0) is 39.0 Å². The first-order valence-corrected chi connectivity index (χ1v) is 9.29. The van der Waals surface area contributed by atoms with E-state index in [9.17, 15) is 24.1 Å². The number of non-ortho nitro benzene ring substituents is 1. The van der Waals surface area contributed by atoms with Crippen molar-refractivity contribution in [3.63, 3.8) is 0 Å². The smallest absolute Gasteiger partial charge is 0.414 e. The summed E-state index contributed by atoms with van der Waals surface area (Å²) < 4.78 is 34.7. The number of amides is 2. The minimum atomic E-state index is -1.20. The maximum atomic E-state index is 15.2. The van der Waals surface area contributed by atoms with Crippen molar-refractivity contribution < 1.29 is 28.0 Å². The van der Waals surface area contributed by atoms with Gasteiger partial charge in [0.15, 0.2) is 5.82 Å². The normalized spacial score (nSPS) is 11.1. The molecule has 0 aliphatic rings. The Morgan fingerprint density at radius 1 is 1.10 bits per heavy atom. The quantitative estimate of drug-likeness (QED) is 0.468. The number of nitrogens with zero attached hydrogens (tertiary/aromatic N) is 3. The molecule has 0 aliphatic heterocycles. The van der Waals surface area contributed by atoms with Gasteiger partial charge in [0.25, 0.3) is 11.6 Å². The summed E-state index contributed by atoms with van der Waals surface area (Å²) in [4.78, 5) is 36.8. The highest BCUT2D eigenvalue weighted by Crippen LogP contribution is 2.33. The Bertz CT molecular complexity index is 1060. The molecule has 0 bridgehead atoms. The van der Waals surface area contributed by atoms with E-state index in [4.69, 9.17) is 16.3 Å². The van der Waals surface area contributed by atoms with Crippen LogP contribution >= 0.6 is 11.6 Å². The summed E-state index contributed by atoms with van der Waals surface area (Å²) in [5.74, 6) is -3.13. The second-order valence-electron chi connectivity index (χ2n) is 7.55. The number of benzene rings is 2. The predicted molar refractivity (Wildman–Crippen MR) is 112 cm³/mol. The molecule has 0 spiro atoms. The predicted octanol–water partition coefficient (Wildman–Crippen LogP) is 5.17. The lowest BCUT2D eigenvalue weighted by atomic mass is 10.1. The molecule has 2 aromatic carbocycles. The van der Waals surface area contributed by atoms with Crippen LogP contribution in [-0.4, -0.2) is 36.6 Å². The fourth-order valence-electron chi connectivity index (χ4n) is 2.60. The lowest BCUT2D eigenvalue weighted by molar-refractivity contribution is -0.384. The molecule has 31 heavy (non-hydrogen) atoms. The van der Waals surface area contributed by atoms with E-state index in [-0.39, 0.29) is 22.0 Å². The molecule has 0 aromatic heterocycles. The van der Waals surface area contributed by atoms with Crippen LogP contribution in [0.4, 0.5) is 30.6 Å². The SMILES string of the molecule is CN(C(=O)c1cc([N+](=O)[O-])ccc1Cl)c1ccc(F)c(N(C)C(=O)OC(C)(C)C)c1F. The third-order valence-corrected chi connectivity index (χ3v) is 4.44. The number of halogens is 3. The molecule has 0 saturated carbocycles. The molecule has 0 radical (unpaired) electrons. The first-order valence-electron chi connectivity index (χ1n) is 8.91. The zero-order valence-corrected chi connectivity index (χ0v) is 18.2. The van der Waals surface area contributed by atoms with Gasteiger partial charge in [0.1, 0.15) is 17.1 Å². The molecule has 0 heterocycles. The van der Waals surface area contributed by atoms with E-state index < -0.39 is 39.8 Å². The Kier molecular flexibility index (Phi) is 6.85. The topological polar surface area (TPSA) is 93.0 Å². The van der Waals surface area contributed by atoms with Crippen LogP contribution in [0.2, 0.25) is 5.02 Å². The average molecular weight is 456 g/mol. The van der Waals surface area contributed by atoms with Crippen LogP contribution in [0.3, 0.4) is 0 Å². The average Bonchev–Trinajstić information content (AvgIpc) is 2.65. The minimum Gasteiger partial charge on any atom is -0.443 e. The maximum absolute atomic E-state index is 15.2. The van der Waals surface area contributed by atoms with E-state index in [0.29, 0.717) is 4.90 Å². The van der Waals surface area contributed by atoms with Crippen molar-refractivity contribution in [2.24, 2.45) is 0 Å².